The second-order valence-electron chi connectivity index (χ2n) is 5.10. The van der Waals surface area contributed by atoms with Crippen LogP contribution in [0.4, 0.5) is 5.69 Å². The Balaban J connectivity index is 1.79. The van der Waals surface area contributed by atoms with Crippen molar-refractivity contribution in [3.8, 4) is 0 Å². The summed E-state index contributed by atoms with van der Waals surface area (Å²) < 4.78 is 0. The number of hydrogen-bond acceptors (Lipinski definition) is 4. The van der Waals surface area contributed by atoms with Gasteiger partial charge in [-0.15, -0.1) is 0 Å². The number of hydrogen-bond donors (Lipinski definition) is 1. The third-order valence-corrected chi connectivity index (χ3v) is 3.60. The molecule has 1 aliphatic rings. The first-order chi connectivity index (χ1) is 9.16. The fraction of sp³-hybridized carbons (Fsp3) is 0.571. The zero-order chi connectivity index (χ0) is 13.7. The molecule has 0 bridgehead atoms. The molecule has 5 nitrogen and oxygen atoms in total. The summed E-state index contributed by atoms with van der Waals surface area (Å²) in [5.74, 6) is 0. The Hall–Kier alpha value is -1.46. The third-order valence-electron chi connectivity index (χ3n) is 3.60. The number of aryl methyl sites for hydroxylation is 1. The van der Waals surface area contributed by atoms with Crippen LogP contribution in [-0.2, 0) is 6.54 Å². The van der Waals surface area contributed by atoms with Crippen molar-refractivity contribution in [1.82, 2.24) is 10.2 Å². The Morgan fingerprint density at radius 1 is 1.37 bits per heavy atom. The molecule has 0 atom stereocenters. The molecule has 0 saturated carbocycles. The van der Waals surface area contributed by atoms with Crippen molar-refractivity contribution in [2.75, 3.05) is 26.2 Å². The highest BCUT2D eigenvalue weighted by molar-refractivity contribution is 5.42. The molecule has 0 radical (unpaired) electrons. The minimum atomic E-state index is -0.316. The molecule has 0 spiro atoms. The summed E-state index contributed by atoms with van der Waals surface area (Å²) in [4.78, 5) is 13.0. The van der Waals surface area contributed by atoms with Crippen LogP contribution in [0.3, 0.4) is 0 Å². The zero-order valence-electron chi connectivity index (χ0n) is 11.4. The highest BCUT2D eigenvalue weighted by Gasteiger charge is 2.12. The topological polar surface area (TPSA) is 58.4 Å². The Labute approximate surface area is 113 Å². The van der Waals surface area contributed by atoms with Crippen LogP contribution in [0.25, 0.3) is 0 Å². The Morgan fingerprint density at radius 3 is 2.79 bits per heavy atom. The average Bonchev–Trinajstić information content (AvgIpc) is 2.89. The van der Waals surface area contributed by atoms with E-state index in [1.54, 1.807) is 13.0 Å². The molecule has 0 unspecified atom stereocenters. The first-order valence-electron chi connectivity index (χ1n) is 6.84. The fourth-order valence-corrected chi connectivity index (χ4v) is 2.44. The van der Waals surface area contributed by atoms with Crippen LogP contribution in [0.15, 0.2) is 18.2 Å². The molecule has 1 aromatic carbocycles. The van der Waals surface area contributed by atoms with Gasteiger partial charge in [-0.1, -0.05) is 12.1 Å². The number of nitro groups is 1. The largest absolute Gasteiger partial charge is 0.311 e. The van der Waals surface area contributed by atoms with E-state index < -0.39 is 0 Å². The van der Waals surface area contributed by atoms with E-state index in [9.17, 15) is 10.1 Å². The lowest BCUT2D eigenvalue weighted by Crippen LogP contribution is -2.29. The molecule has 1 fully saturated rings. The molecule has 1 aromatic rings. The average molecular weight is 263 g/mol. The molecule has 19 heavy (non-hydrogen) atoms. The van der Waals surface area contributed by atoms with E-state index >= 15 is 0 Å². The molecule has 1 heterocycles. The van der Waals surface area contributed by atoms with Crippen molar-refractivity contribution in [1.29, 1.82) is 0 Å². The highest BCUT2D eigenvalue weighted by atomic mass is 16.6. The fourth-order valence-electron chi connectivity index (χ4n) is 2.44. The standard InChI is InChI=1S/C14H21N3O2/c1-12-4-5-13(10-14(12)17(18)19)11-15-6-9-16-7-2-3-8-16/h4-5,10,15H,2-3,6-9,11H2,1H3. The SMILES string of the molecule is Cc1ccc(CNCCN2CCCC2)cc1[N+](=O)[O-]. The normalized spacial score (nSPS) is 15.8. The summed E-state index contributed by atoms with van der Waals surface area (Å²) in [6.45, 7) is 6.86. The Morgan fingerprint density at radius 2 is 2.11 bits per heavy atom. The third kappa shape index (κ3) is 4.01. The van der Waals surface area contributed by atoms with Crippen LogP contribution in [-0.4, -0.2) is 36.0 Å². The summed E-state index contributed by atoms with van der Waals surface area (Å²) in [7, 11) is 0. The van der Waals surface area contributed by atoms with Gasteiger partial charge in [0.15, 0.2) is 0 Å². The van der Waals surface area contributed by atoms with Gasteiger partial charge < -0.3 is 10.2 Å². The molecule has 0 aliphatic carbocycles. The molecule has 1 N–H and O–H groups in total. The lowest BCUT2D eigenvalue weighted by atomic mass is 10.1. The van der Waals surface area contributed by atoms with Crippen LogP contribution in [0.1, 0.15) is 24.0 Å². The van der Waals surface area contributed by atoms with E-state index in [2.05, 4.69) is 10.2 Å². The van der Waals surface area contributed by atoms with Gasteiger partial charge in [-0.2, -0.15) is 0 Å². The highest BCUT2D eigenvalue weighted by Crippen LogP contribution is 2.19. The quantitative estimate of drug-likeness (QED) is 0.485. The molecular formula is C14H21N3O2. The minimum absolute atomic E-state index is 0.207. The molecular weight excluding hydrogens is 242 g/mol. The van der Waals surface area contributed by atoms with Gasteiger partial charge >= 0.3 is 0 Å². The van der Waals surface area contributed by atoms with E-state index in [1.807, 2.05) is 12.1 Å². The van der Waals surface area contributed by atoms with Crippen molar-refractivity contribution >= 4 is 5.69 Å². The van der Waals surface area contributed by atoms with E-state index in [1.165, 1.54) is 25.9 Å². The predicted octanol–water partition coefficient (Wildman–Crippen LogP) is 2.09. The maximum Gasteiger partial charge on any atom is 0.272 e. The van der Waals surface area contributed by atoms with Crippen molar-refractivity contribution in [2.45, 2.75) is 26.3 Å². The van der Waals surface area contributed by atoms with Crippen molar-refractivity contribution in [3.05, 3.63) is 39.4 Å². The maximum atomic E-state index is 10.9. The zero-order valence-corrected chi connectivity index (χ0v) is 11.4. The van der Waals surface area contributed by atoms with E-state index in [4.69, 9.17) is 0 Å². The summed E-state index contributed by atoms with van der Waals surface area (Å²) in [5, 5.41) is 14.2. The second kappa shape index (κ2) is 6.63. The first-order valence-corrected chi connectivity index (χ1v) is 6.84. The van der Waals surface area contributed by atoms with Crippen molar-refractivity contribution in [3.63, 3.8) is 0 Å². The molecule has 5 heteroatoms. The van der Waals surface area contributed by atoms with Gasteiger partial charge in [0.05, 0.1) is 4.92 Å². The van der Waals surface area contributed by atoms with E-state index in [-0.39, 0.29) is 10.6 Å². The van der Waals surface area contributed by atoms with E-state index in [0.29, 0.717) is 12.1 Å². The number of benzene rings is 1. The lowest BCUT2D eigenvalue weighted by molar-refractivity contribution is -0.385. The number of nitro benzene ring substituents is 1. The summed E-state index contributed by atoms with van der Waals surface area (Å²) in [6, 6.07) is 5.43. The van der Waals surface area contributed by atoms with Gasteiger partial charge in [0, 0.05) is 31.3 Å². The minimum Gasteiger partial charge on any atom is -0.311 e. The van der Waals surface area contributed by atoms with Crippen molar-refractivity contribution < 1.29 is 4.92 Å². The second-order valence-corrected chi connectivity index (χ2v) is 5.10. The van der Waals surface area contributed by atoms with Crippen LogP contribution >= 0.6 is 0 Å². The van der Waals surface area contributed by atoms with Crippen molar-refractivity contribution in [2.24, 2.45) is 0 Å². The number of rotatable bonds is 6. The molecule has 104 valence electrons. The molecule has 0 aromatic heterocycles. The van der Waals surface area contributed by atoms with Crippen LogP contribution in [0.2, 0.25) is 0 Å². The lowest BCUT2D eigenvalue weighted by Gasteiger charge is -2.14. The number of likely N-dealkylation sites (tertiary alicyclic amines) is 1. The molecule has 2 rings (SSSR count). The Kier molecular flexibility index (Phi) is 4.87. The van der Waals surface area contributed by atoms with Gasteiger partial charge in [-0.05, 0) is 38.4 Å². The molecule has 0 amide bonds. The smallest absolute Gasteiger partial charge is 0.272 e. The van der Waals surface area contributed by atoms with Gasteiger partial charge in [-0.3, -0.25) is 10.1 Å². The Bertz CT molecular complexity index is 442. The van der Waals surface area contributed by atoms with Gasteiger partial charge in [-0.25, -0.2) is 0 Å². The summed E-state index contributed by atoms with van der Waals surface area (Å²) in [5.41, 5.74) is 1.89. The number of nitrogens with one attached hydrogen (secondary N) is 1. The van der Waals surface area contributed by atoms with Crippen LogP contribution in [0.5, 0.6) is 0 Å². The number of nitrogens with zero attached hydrogens (tertiary/aromatic N) is 2. The molecule has 1 aliphatic heterocycles. The molecule has 1 saturated heterocycles. The monoisotopic (exact) mass is 263 g/mol. The van der Waals surface area contributed by atoms with Gasteiger partial charge in [0.2, 0.25) is 0 Å². The summed E-state index contributed by atoms with van der Waals surface area (Å²) in [6.07, 6.45) is 2.62. The predicted molar refractivity (Wildman–Crippen MR) is 75.2 cm³/mol. The maximum absolute atomic E-state index is 10.9. The van der Waals surface area contributed by atoms with Crippen LogP contribution in [0, 0.1) is 17.0 Å². The van der Waals surface area contributed by atoms with Crippen LogP contribution < -0.4 is 5.32 Å². The first kappa shape index (κ1) is 14.0. The summed E-state index contributed by atoms with van der Waals surface area (Å²) >= 11 is 0. The van der Waals surface area contributed by atoms with E-state index in [0.717, 1.165) is 18.7 Å². The van der Waals surface area contributed by atoms with Gasteiger partial charge in [0.25, 0.3) is 5.69 Å². The van der Waals surface area contributed by atoms with Gasteiger partial charge in [0.1, 0.15) is 0 Å².